The summed E-state index contributed by atoms with van der Waals surface area (Å²) in [7, 11) is 3.71. The average Bonchev–Trinajstić information content (AvgIpc) is 2.69. The van der Waals surface area contributed by atoms with Gasteiger partial charge >= 0.3 is 0 Å². The maximum atomic E-state index is 5.36. The summed E-state index contributed by atoms with van der Waals surface area (Å²) >= 11 is 0. The molecule has 0 fully saturated rings. The number of hydrazine groups is 1. The Labute approximate surface area is 105 Å². The number of nitrogens with zero attached hydrogens (tertiary/aromatic N) is 6. The van der Waals surface area contributed by atoms with Crippen LogP contribution >= 0.6 is 0 Å². The number of hydrogen-bond donors (Lipinski definition) is 2. The van der Waals surface area contributed by atoms with Crippen molar-refractivity contribution in [2.24, 2.45) is 5.84 Å². The number of imidazole rings is 1. The monoisotopic (exact) mass is 248 g/mol. The van der Waals surface area contributed by atoms with Crippen molar-refractivity contribution in [3.05, 3.63) is 17.7 Å². The third-order valence-electron chi connectivity index (χ3n) is 2.61. The summed E-state index contributed by atoms with van der Waals surface area (Å²) in [5.41, 5.74) is 4.35. The van der Waals surface area contributed by atoms with Crippen LogP contribution in [-0.2, 0) is 0 Å². The normalized spacial score (nSPS) is 10.5. The van der Waals surface area contributed by atoms with Gasteiger partial charge in [0.1, 0.15) is 6.33 Å². The van der Waals surface area contributed by atoms with Gasteiger partial charge in [-0.1, -0.05) is 0 Å². The zero-order chi connectivity index (χ0) is 13.3. The van der Waals surface area contributed by atoms with E-state index in [0.29, 0.717) is 17.8 Å². The van der Waals surface area contributed by atoms with E-state index in [-0.39, 0.29) is 0 Å². The second kappa shape index (κ2) is 4.57. The first-order chi connectivity index (χ1) is 8.52. The Morgan fingerprint density at radius 3 is 2.44 bits per heavy atom. The fraction of sp³-hybridized carbons (Fsp3) is 0.400. The van der Waals surface area contributed by atoms with Crippen molar-refractivity contribution in [3.63, 3.8) is 0 Å². The molecule has 0 atom stereocenters. The minimum absolute atomic E-state index is 0.314. The van der Waals surface area contributed by atoms with Gasteiger partial charge < -0.3 is 4.90 Å². The van der Waals surface area contributed by atoms with Gasteiger partial charge in [-0.05, 0) is 13.8 Å². The van der Waals surface area contributed by atoms with Crippen LogP contribution in [0.1, 0.15) is 11.4 Å². The number of hydrogen-bond acceptors (Lipinski definition) is 7. The first kappa shape index (κ1) is 12.2. The summed E-state index contributed by atoms with van der Waals surface area (Å²) in [5, 5.41) is 0. The van der Waals surface area contributed by atoms with Crippen molar-refractivity contribution in [1.82, 2.24) is 24.5 Å². The molecule has 0 radical (unpaired) electrons. The van der Waals surface area contributed by atoms with Crippen molar-refractivity contribution in [2.45, 2.75) is 13.8 Å². The summed E-state index contributed by atoms with van der Waals surface area (Å²) in [6.45, 7) is 3.89. The van der Waals surface area contributed by atoms with Crippen molar-refractivity contribution < 1.29 is 0 Å². The SMILES string of the molecule is Cc1ncn(-c2nc(NN)nc(N(C)C)n2)c1C. The third-order valence-corrected chi connectivity index (χ3v) is 2.61. The summed E-state index contributed by atoms with van der Waals surface area (Å²) in [4.78, 5) is 18.7. The minimum atomic E-state index is 0.314. The maximum absolute atomic E-state index is 5.36. The van der Waals surface area contributed by atoms with E-state index in [1.807, 2.05) is 27.9 Å². The van der Waals surface area contributed by atoms with Gasteiger partial charge in [-0.25, -0.2) is 10.8 Å². The van der Waals surface area contributed by atoms with Crippen molar-refractivity contribution >= 4 is 11.9 Å². The van der Waals surface area contributed by atoms with Gasteiger partial charge in [-0.15, -0.1) is 0 Å². The fourth-order valence-electron chi connectivity index (χ4n) is 1.43. The highest BCUT2D eigenvalue weighted by Gasteiger charge is 2.11. The molecule has 0 saturated heterocycles. The van der Waals surface area contributed by atoms with Crippen LogP contribution in [0.2, 0.25) is 0 Å². The van der Waals surface area contributed by atoms with Crippen molar-refractivity contribution in [3.8, 4) is 5.95 Å². The van der Waals surface area contributed by atoms with Crippen LogP contribution < -0.4 is 16.2 Å². The molecule has 0 saturated carbocycles. The smallest absolute Gasteiger partial charge is 0.243 e. The predicted octanol–water partition coefficient (Wildman–Crippen LogP) is 0.0257. The molecule has 3 N–H and O–H groups in total. The molecule has 18 heavy (non-hydrogen) atoms. The van der Waals surface area contributed by atoms with Crippen LogP contribution in [-0.4, -0.2) is 38.6 Å². The van der Waals surface area contributed by atoms with Gasteiger partial charge in [0.25, 0.3) is 0 Å². The van der Waals surface area contributed by atoms with Crippen LogP contribution in [0.3, 0.4) is 0 Å². The van der Waals surface area contributed by atoms with Crippen LogP contribution in [0.15, 0.2) is 6.33 Å². The quantitative estimate of drug-likeness (QED) is 0.584. The van der Waals surface area contributed by atoms with Crippen molar-refractivity contribution in [1.29, 1.82) is 0 Å². The highest BCUT2D eigenvalue weighted by molar-refractivity contribution is 5.39. The topological polar surface area (TPSA) is 97.8 Å². The predicted molar refractivity (Wildman–Crippen MR) is 68.6 cm³/mol. The lowest BCUT2D eigenvalue weighted by molar-refractivity contribution is 0.852. The first-order valence-corrected chi connectivity index (χ1v) is 5.44. The highest BCUT2D eigenvalue weighted by Crippen LogP contribution is 2.14. The molecule has 0 spiro atoms. The van der Waals surface area contributed by atoms with E-state index in [4.69, 9.17) is 5.84 Å². The van der Waals surface area contributed by atoms with Crippen LogP contribution in [0, 0.1) is 13.8 Å². The summed E-state index contributed by atoms with van der Waals surface area (Å²) in [6.07, 6.45) is 1.68. The molecule has 0 aliphatic heterocycles. The lowest BCUT2D eigenvalue weighted by Gasteiger charge is -2.13. The molecule has 8 heteroatoms. The molecule has 8 nitrogen and oxygen atoms in total. The summed E-state index contributed by atoms with van der Waals surface area (Å²) in [6, 6.07) is 0. The molecule has 2 aromatic heterocycles. The van der Waals surface area contributed by atoms with E-state index in [0.717, 1.165) is 11.4 Å². The standard InChI is InChI=1S/C10H16N8/c1-6-7(2)18(5-12-6)10-14-8(16-11)13-9(15-10)17(3)4/h5H,11H2,1-4H3,(H,13,14,15,16). The van der Waals surface area contributed by atoms with E-state index >= 15 is 0 Å². The number of aryl methyl sites for hydroxylation is 1. The Kier molecular flexibility index (Phi) is 3.11. The van der Waals surface area contributed by atoms with Gasteiger partial charge in [0, 0.05) is 19.8 Å². The molecular formula is C10H16N8. The van der Waals surface area contributed by atoms with E-state index in [2.05, 4.69) is 25.4 Å². The molecule has 2 heterocycles. The number of nitrogen functional groups attached to an aromatic ring is 1. The minimum Gasteiger partial charge on any atom is -0.347 e. The zero-order valence-electron chi connectivity index (χ0n) is 10.8. The van der Waals surface area contributed by atoms with Crippen LogP contribution in [0.5, 0.6) is 0 Å². The number of anilines is 2. The molecule has 96 valence electrons. The number of rotatable bonds is 3. The van der Waals surface area contributed by atoms with Gasteiger partial charge in [-0.3, -0.25) is 9.99 Å². The lowest BCUT2D eigenvalue weighted by Crippen LogP contribution is -2.19. The number of nitrogens with two attached hydrogens (primary N) is 1. The maximum Gasteiger partial charge on any atom is 0.243 e. The Morgan fingerprint density at radius 1 is 1.22 bits per heavy atom. The van der Waals surface area contributed by atoms with Gasteiger partial charge in [-0.2, -0.15) is 15.0 Å². The third kappa shape index (κ3) is 2.09. The van der Waals surface area contributed by atoms with E-state index < -0.39 is 0 Å². The van der Waals surface area contributed by atoms with E-state index in [1.165, 1.54) is 0 Å². The second-order valence-corrected chi connectivity index (χ2v) is 4.08. The molecule has 0 aromatic carbocycles. The Balaban J connectivity index is 2.56. The van der Waals surface area contributed by atoms with E-state index in [1.54, 1.807) is 15.8 Å². The molecule has 0 bridgehead atoms. The molecule has 0 aliphatic carbocycles. The molecule has 0 unspecified atom stereocenters. The van der Waals surface area contributed by atoms with E-state index in [9.17, 15) is 0 Å². The summed E-state index contributed by atoms with van der Waals surface area (Å²) in [5.74, 6) is 6.69. The second-order valence-electron chi connectivity index (χ2n) is 4.08. The molecule has 0 amide bonds. The van der Waals surface area contributed by atoms with Crippen LogP contribution in [0.25, 0.3) is 5.95 Å². The lowest BCUT2D eigenvalue weighted by atomic mass is 10.4. The fourth-order valence-corrected chi connectivity index (χ4v) is 1.43. The first-order valence-electron chi connectivity index (χ1n) is 5.44. The largest absolute Gasteiger partial charge is 0.347 e. The molecule has 2 aromatic rings. The number of aromatic nitrogens is 5. The summed E-state index contributed by atoms with van der Waals surface area (Å²) < 4.78 is 1.80. The Hall–Kier alpha value is -2.22. The highest BCUT2D eigenvalue weighted by atomic mass is 15.4. The van der Waals surface area contributed by atoms with Gasteiger partial charge in [0.15, 0.2) is 0 Å². The zero-order valence-corrected chi connectivity index (χ0v) is 10.8. The van der Waals surface area contributed by atoms with Crippen molar-refractivity contribution in [2.75, 3.05) is 24.4 Å². The Morgan fingerprint density at radius 2 is 1.94 bits per heavy atom. The molecule has 0 aliphatic rings. The van der Waals surface area contributed by atoms with Gasteiger partial charge in [0.2, 0.25) is 17.8 Å². The van der Waals surface area contributed by atoms with Gasteiger partial charge in [0.05, 0.1) is 5.69 Å². The van der Waals surface area contributed by atoms with Crippen LogP contribution in [0.4, 0.5) is 11.9 Å². The molecular weight excluding hydrogens is 232 g/mol. The number of nitrogens with one attached hydrogen (secondary N) is 1. The molecule has 2 rings (SSSR count). The average molecular weight is 248 g/mol. The Bertz CT molecular complexity index is 559.